The normalized spacial score (nSPS) is 10.9. The highest BCUT2D eigenvalue weighted by molar-refractivity contribution is 7.12. The van der Waals surface area contributed by atoms with E-state index in [1.807, 2.05) is 48.7 Å². The SMILES string of the molecule is C/C=C/c1ccccc1OCc1csc(C(=O)Nc2ccc(C)c(F)c2)c1. The van der Waals surface area contributed by atoms with E-state index < -0.39 is 0 Å². The number of hydrogen-bond donors (Lipinski definition) is 1. The average Bonchev–Trinajstić information content (AvgIpc) is 3.13. The molecule has 5 heteroatoms. The van der Waals surface area contributed by atoms with Crippen molar-refractivity contribution in [1.82, 2.24) is 0 Å². The topological polar surface area (TPSA) is 38.3 Å². The maximum Gasteiger partial charge on any atom is 0.265 e. The van der Waals surface area contributed by atoms with Crippen LogP contribution in [0.3, 0.4) is 0 Å². The Morgan fingerprint density at radius 3 is 2.81 bits per heavy atom. The first kappa shape index (κ1) is 18.9. The van der Waals surface area contributed by atoms with Crippen LogP contribution < -0.4 is 10.1 Å². The molecule has 0 fully saturated rings. The van der Waals surface area contributed by atoms with E-state index in [4.69, 9.17) is 4.74 Å². The van der Waals surface area contributed by atoms with Gasteiger partial charge in [0, 0.05) is 16.8 Å². The lowest BCUT2D eigenvalue weighted by molar-refractivity contribution is 0.103. The van der Waals surface area contributed by atoms with Crippen molar-refractivity contribution in [2.24, 2.45) is 0 Å². The summed E-state index contributed by atoms with van der Waals surface area (Å²) in [6.45, 7) is 4.01. The predicted octanol–water partition coefficient (Wildman–Crippen LogP) is 6.06. The summed E-state index contributed by atoms with van der Waals surface area (Å²) in [5.74, 6) is 0.194. The molecule has 0 radical (unpaired) electrons. The minimum absolute atomic E-state index is 0.260. The van der Waals surface area contributed by atoms with Gasteiger partial charge in [-0.15, -0.1) is 11.3 Å². The molecule has 0 unspecified atom stereocenters. The number of aryl methyl sites for hydroxylation is 1. The first-order chi connectivity index (χ1) is 13.1. The van der Waals surface area contributed by atoms with Crippen LogP contribution in [0.1, 0.15) is 33.3 Å². The van der Waals surface area contributed by atoms with Crippen LogP contribution in [0.15, 0.2) is 60.0 Å². The molecule has 2 aromatic carbocycles. The summed E-state index contributed by atoms with van der Waals surface area (Å²) in [4.78, 5) is 12.9. The summed E-state index contributed by atoms with van der Waals surface area (Å²) in [6, 6.07) is 14.2. The van der Waals surface area contributed by atoms with E-state index in [0.29, 0.717) is 22.7 Å². The second kappa shape index (κ2) is 8.64. The number of thiophene rings is 1. The molecular formula is C22H20FNO2S. The van der Waals surface area contributed by atoms with Crippen LogP contribution in [-0.4, -0.2) is 5.91 Å². The quantitative estimate of drug-likeness (QED) is 0.563. The molecule has 1 heterocycles. The van der Waals surface area contributed by atoms with Gasteiger partial charge in [0.2, 0.25) is 0 Å². The number of ether oxygens (including phenoxy) is 1. The lowest BCUT2D eigenvalue weighted by Crippen LogP contribution is -2.10. The fourth-order valence-corrected chi connectivity index (χ4v) is 3.32. The number of carbonyl (C=O) groups is 1. The van der Waals surface area contributed by atoms with Crippen molar-refractivity contribution < 1.29 is 13.9 Å². The molecule has 27 heavy (non-hydrogen) atoms. The first-order valence-electron chi connectivity index (χ1n) is 8.56. The van der Waals surface area contributed by atoms with Gasteiger partial charge in [-0.1, -0.05) is 36.4 Å². The summed E-state index contributed by atoms with van der Waals surface area (Å²) >= 11 is 1.33. The molecule has 3 nitrogen and oxygen atoms in total. The summed E-state index contributed by atoms with van der Waals surface area (Å²) in [6.07, 6.45) is 3.95. The lowest BCUT2D eigenvalue weighted by Gasteiger charge is -2.08. The van der Waals surface area contributed by atoms with Crippen LogP contribution in [0.4, 0.5) is 10.1 Å². The first-order valence-corrected chi connectivity index (χ1v) is 9.44. The van der Waals surface area contributed by atoms with Crippen molar-refractivity contribution >= 4 is 29.0 Å². The Morgan fingerprint density at radius 2 is 2.04 bits per heavy atom. The molecule has 138 valence electrons. The maximum absolute atomic E-state index is 13.6. The number of amides is 1. The number of benzene rings is 2. The van der Waals surface area contributed by atoms with E-state index in [2.05, 4.69) is 5.32 Å². The smallest absolute Gasteiger partial charge is 0.265 e. The van der Waals surface area contributed by atoms with Crippen LogP contribution in [0.5, 0.6) is 5.75 Å². The minimum Gasteiger partial charge on any atom is -0.488 e. The Hall–Kier alpha value is -2.92. The van der Waals surface area contributed by atoms with Gasteiger partial charge in [-0.05, 0) is 49.1 Å². The molecule has 0 aliphatic heterocycles. The van der Waals surface area contributed by atoms with Crippen LogP contribution >= 0.6 is 11.3 Å². The summed E-state index contributed by atoms with van der Waals surface area (Å²) < 4.78 is 19.5. The van der Waals surface area contributed by atoms with Crippen molar-refractivity contribution in [1.29, 1.82) is 0 Å². The molecule has 0 saturated heterocycles. The monoisotopic (exact) mass is 381 g/mol. The van der Waals surface area contributed by atoms with Crippen molar-refractivity contribution in [2.75, 3.05) is 5.32 Å². The maximum atomic E-state index is 13.6. The van der Waals surface area contributed by atoms with Crippen LogP contribution in [0.2, 0.25) is 0 Å². The van der Waals surface area contributed by atoms with Crippen LogP contribution in [-0.2, 0) is 6.61 Å². The van der Waals surface area contributed by atoms with Gasteiger partial charge in [-0.25, -0.2) is 4.39 Å². The van der Waals surface area contributed by atoms with Gasteiger partial charge < -0.3 is 10.1 Å². The number of para-hydroxylation sites is 1. The number of anilines is 1. The minimum atomic E-state index is -0.340. The highest BCUT2D eigenvalue weighted by Gasteiger charge is 2.11. The van der Waals surface area contributed by atoms with Gasteiger partial charge in [0.1, 0.15) is 18.2 Å². The fraction of sp³-hybridized carbons (Fsp3) is 0.136. The molecule has 0 aliphatic rings. The van der Waals surface area contributed by atoms with Gasteiger partial charge in [-0.3, -0.25) is 4.79 Å². The second-order valence-corrected chi connectivity index (χ2v) is 6.98. The van der Waals surface area contributed by atoms with Crippen molar-refractivity contribution in [2.45, 2.75) is 20.5 Å². The van der Waals surface area contributed by atoms with E-state index in [1.165, 1.54) is 17.4 Å². The molecule has 1 aromatic heterocycles. The zero-order chi connectivity index (χ0) is 19.2. The zero-order valence-electron chi connectivity index (χ0n) is 15.2. The Morgan fingerprint density at radius 1 is 1.22 bits per heavy atom. The van der Waals surface area contributed by atoms with Gasteiger partial charge >= 0.3 is 0 Å². The highest BCUT2D eigenvalue weighted by atomic mass is 32.1. The molecule has 0 bridgehead atoms. The molecular weight excluding hydrogens is 361 g/mol. The van der Waals surface area contributed by atoms with E-state index in [1.54, 1.807) is 25.1 Å². The largest absolute Gasteiger partial charge is 0.488 e. The molecule has 1 N–H and O–H groups in total. The van der Waals surface area contributed by atoms with E-state index in [9.17, 15) is 9.18 Å². The van der Waals surface area contributed by atoms with Gasteiger partial charge in [0.05, 0.1) is 4.88 Å². The van der Waals surface area contributed by atoms with Gasteiger partial charge in [0.25, 0.3) is 5.91 Å². The van der Waals surface area contributed by atoms with Gasteiger partial charge in [0.15, 0.2) is 0 Å². The van der Waals surface area contributed by atoms with Gasteiger partial charge in [-0.2, -0.15) is 0 Å². The molecule has 3 aromatic rings. The number of hydrogen-bond acceptors (Lipinski definition) is 3. The summed E-state index contributed by atoms with van der Waals surface area (Å²) in [5.41, 5.74) is 2.90. The fourth-order valence-electron chi connectivity index (χ4n) is 2.52. The van der Waals surface area contributed by atoms with Crippen molar-refractivity contribution in [3.8, 4) is 5.75 Å². The lowest BCUT2D eigenvalue weighted by atomic mass is 10.2. The number of nitrogens with one attached hydrogen (secondary N) is 1. The van der Waals surface area contributed by atoms with Crippen LogP contribution in [0, 0.1) is 12.7 Å². The molecule has 0 saturated carbocycles. The van der Waals surface area contributed by atoms with Crippen LogP contribution in [0.25, 0.3) is 6.08 Å². The summed E-state index contributed by atoms with van der Waals surface area (Å²) in [7, 11) is 0. The average molecular weight is 381 g/mol. The number of halogens is 1. The third-order valence-corrected chi connectivity index (χ3v) is 4.94. The highest BCUT2D eigenvalue weighted by Crippen LogP contribution is 2.23. The van der Waals surface area contributed by atoms with E-state index in [0.717, 1.165) is 16.9 Å². The Balaban J connectivity index is 1.64. The molecule has 0 atom stereocenters. The number of carbonyl (C=O) groups excluding carboxylic acids is 1. The predicted molar refractivity (Wildman–Crippen MR) is 109 cm³/mol. The van der Waals surface area contributed by atoms with Crippen molar-refractivity contribution in [3.63, 3.8) is 0 Å². The number of allylic oxidation sites excluding steroid dienone is 1. The molecule has 0 spiro atoms. The standard InChI is InChI=1S/C22H20FNO2S/c1-3-6-17-7-4-5-8-20(17)26-13-16-11-21(27-14-16)22(25)24-18-10-9-15(2)19(23)12-18/h3-12,14H,13H2,1-2H3,(H,24,25)/b6-3+. The number of rotatable bonds is 6. The Labute approximate surface area is 162 Å². The second-order valence-electron chi connectivity index (χ2n) is 6.06. The zero-order valence-corrected chi connectivity index (χ0v) is 16.0. The van der Waals surface area contributed by atoms with E-state index >= 15 is 0 Å². The Bertz CT molecular complexity index is 978. The van der Waals surface area contributed by atoms with E-state index in [-0.39, 0.29) is 11.7 Å². The Kier molecular flexibility index (Phi) is 6.04. The third kappa shape index (κ3) is 4.83. The summed E-state index contributed by atoms with van der Waals surface area (Å²) in [5, 5.41) is 4.61. The third-order valence-electron chi connectivity index (χ3n) is 3.97. The molecule has 1 amide bonds. The molecule has 3 rings (SSSR count). The van der Waals surface area contributed by atoms with Crippen molar-refractivity contribution in [3.05, 3.63) is 87.4 Å². The molecule has 0 aliphatic carbocycles.